The van der Waals surface area contributed by atoms with Crippen LogP contribution < -0.4 is 10.2 Å². The van der Waals surface area contributed by atoms with Gasteiger partial charge in [0.2, 0.25) is 0 Å². The maximum Gasteiger partial charge on any atom is 0.142 e. The van der Waals surface area contributed by atoms with Crippen molar-refractivity contribution in [3.05, 3.63) is 108 Å². The van der Waals surface area contributed by atoms with Crippen molar-refractivity contribution < 1.29 is 4.42 Å². The van der Waals surface area contributed by atoms with Crippen molar-refractivity contribution in [3.8, 4) is 11.1 Å². The standard InChI is InChI=1S/C31H32N2O.C2H6/c1-6-12-30-22(3)26-16-11-17-28(31(26)34-30)24-13-10-14-25(21-24)33(5)29-18-9-8-15-27(29)23(7-2)19-20-32-4;1-2/h6-19,21,32H,2,20H2,1,3-5H3;1-2H3/b12-6-,23-19+;. The van der Waals surface area contributed by atoms with E-state index >= 15 is 0 Å². The van der Waals surface area contributed by atoms with Gasteiger partial charge in [-0.3, -0.25) is 0 Å². The zero-order valence-electron chi connectivity index (χ0n) is 22.4. The minimum Gasteiger partial charge on any atom is -0.456 e. The fraction of sp³-hybridized carbons (Fsp3) is 0.212. The molecule has 0 fully saturated rings. The van der Waals surface area contributed by atoms with Crippen LogP contribution in [0, 0.1) is 6.92 Å². The van der Waals surface area contributed by atoms with Gasteiger partial charge >= 0.3 is 0 Å². The van der Waals surface area contributed by atoms with Gasteiger partial charge in [-0.2, -0.15) is 0 Å². The van der Waals surface area contributed by atoms with Gasteiger partial charge in [0.1, 0.15) is 11.3 Å². The van der Waals surface area contributed by atoms with Crippen LogP contribution in [0.2, 0.25) is 0 Å². The normalized spacial score (nSPS) is 11.4. The zero-order chi connectivity index (χ0) is 26.1. The van der Waals surface area contributed by atoms with E-state index in [1.54, 1.807) is 0 Å². The van der Waals surface area contributed by atoms with Gasteiger partial charge in [-0.25, -0.2) is 0 Å². The monoisotopic (exact) mass is 478 g/mol. The van der Waals surface area contributed by atoms with Crippen LogP contribution in [0.1, 0.15) is 37.7 Å². The maximum atomic E-state index is 6.29. The molecule has 3 nitrogen and oxygen atoms in total. The number of nitrogens with one attached hydrogen (secondary N) is 1. The Morgan fingerprint density at radius 3 is 2.50 bits per heavy atom. The van der Waals surface area contributed by atoms with E-state index in [1.165, 1.54) is 5.56 Å². The fourth-order valence-corrected chi connectivity index (χ4v) is 4.35. The number of para-hydroxylation sites is 2. The number of hydrogen-bond acceptors (Lipinski definition) is 3. The molecule has 0 aliphatic heterocycles. The lowest BCUT2D eigenvalue weighted by Gasteiger charge is -2.24. The lowest BCUT2D eigenvalue weighted by molar-refractivity contribution is 0.602. The van der Waals surface area contributed by atoms with Crippen molar-refractivity contribution in [3.63, 3.8) is 0 Å². The SMILES string of the molecule is C=C/C(=C\CNC)c1ccccc1N(C)c1cccc(-c2cccc3c(C)c(/C=C\C)oc23)c1.CC. The molecule has 3 heteroatoms. The highest BCUT2D eigenvalue weighted by Gasteiger charge is 2.15. The number of hydrogen-bond donors (Lipinski definition) is 1. The largest absolute Gasteiger partial charge is 0.456 e. The predicted octanol–water partition coefficient (Wildman–Crippen LogP) is 9.02. The molecule has 1 aromatic heterocycles. The molecule has 4 aromatic rings. The molecule has 0 radical (unpaired) electrons. The Morgan fingerprint density at radius 2 is 1.78 bits per heavy atom. The predicted molar refractivity (Wildman–Crippen MR) is 159 cm³/mol. The van der Waals surface area contributed by atoms with Crippen molar-refractivity contribution in [1.29, 1.82) is 0 Å². The van der Waals surface area contributed by atoms with Crippen LogP contribution in [-0.4, -0.2) is 20.6 Å². The maximum absolute atomic E-state index is 6.29. The second kappa shape index (κ2) is 12.8. The summed E-state index contributed by atoms with van der Waals surface area (Å²) in [4.78, 5) is 2.23. The molecule has 0 atom stereocenters. The van der Waals surface area contributed by atoms with Crippen molar-refractivity contribution in [2.75, 3.05) is 25.5 Å². The van der Waals surface area contributed by atoms with E-state index in [2.05, 4.69) is 104 Å². The first-order chi connectivity index (χ1) is 17.6. The molecule has 1 N–H and O–H groups in total. The van der Waals surface area contributed by atoms with Crippen molar-refractivity contribution in [2.45, 2.75) is 27.7 Å². The Hall–Kier alpha value is -3.82. The molecular weight excluding hydrogens is 440 g/mol. The first-order valence-corrected chi connectivity index (χ1v) is 12.6. The summed E-state index contributed by atoms with van der Waals surface area (Å²) in [5.74, 6) is 0.914. The summed E-state index contributed by atoms with van der Waals surface area (Å²) in [5, 5.41) is 4.34. The summed E-state index contributed by atoms with van der Waals surface area (Å²) in [7, 11) is 4.06. The van der Waals surface area contributed by atoms with Gasteiger partial charge in [0, 0.05) is 47.0 Å². The van der Waals surface area contributed by atoms with E-state index in [9.17, 15) is 0 Å². The molecule has 36 heavy (non-hydrogen) atoms. The number of likely N-dealkylation sites (N-methyl/N-ethyl adjacent to an activating group) is 1. The molecule has 1 heterocycles. The first-order valence-electron chi connectivity index (χ1n) is 12.6. The third-order valence-corrected chi connectivity index (χ3v) is 6.19. The molecule has 0 saturated heterocycles. The smallest absolute Gasteiger partial charge is 0.142 e. The highest BCUT2D eigenvalue weighted by atomic mass is 16.3. The van der Waals surface area contributed by atoms with E-state index in [0.717, 1.165) is 56.9 Å². The average Bonchev–Trinajstić information content (AvgIpc) is 3.25. The lowest BCUT2D eigenvalue weighted by atomic mass is 10.00. The van der Waals surface area contributed by atoms with Crippen LogP contribution in [0.25, 0.3) is 33.7 Å². The molecule has 0 saturated carbocycles. The van der Waals surface area contributed by atoms with Crippen molar-refractivity contribution >= 4 is 34.0 Å². The summed E-state index contributed by atoms with van der Waals surface area (Å²) < 4.78 is 6.29. The summed E-state index contributed by atoms with van der Waals surface area (Å²) in [5.41, 5.74) is 8.82. The van der Waals surface area contributed by atoms with Crippen LogP contribution in [0.3, 0.4) is 0 Å². The number of benzene rings is 3. The van der Waals surface area contributed by atoms with E-state index in [4.69, 9.17) is 4.42 Å². The molecule has 4 rings (SSSR count). The minimum atomic E-state index is 0.788. The average molecular weight is 479 g/mol. The zero-order valence-corrected chi connectivity index (χ0v) is 22.4. The Labute approximate surface area is 216 Å². The third-order valence-electron chi connectivity index (χ3n) is 6.19. The molecule has 0 aliphatic rings. The van der Waals surface area contributed by atoms with Crippen LogP contribution in [0.4, 0.5) is 11.4 Å². The van der Waals surface area contributed by atoms with Crippen LogP contribution in [0.15, 0.2) is 96.0 Å². The van der Waals surface area contributed by atoms with Crippen LogP contribution in [0.5, 0.6) is 0 Å². The molecule has 3 aromatic carbocycles. The van der Waals surface area contributed by atoms with Gasteiger partial charge in [-0.05, 0) is 56.3 Å². The summed E-state index contributed by atoms with van der Waals surface area (Å²) in [6.07, 6.45) is 8.13. The lowest BCUT2D eigenvalue weighted by Crippen LogP contribution is -2.12. The first kappa shape index (κ1) is 26.8. The van der Waals surface area contributed by atoms with Gasteiger partial charge in [-0.15, -0.1) is 0 Å². The Morgan fingerprint density at radius 1 is 1.03 bits per heavy atom. The van der Waals surface area contributed by atoms with E-state index in [1.807, 2.05) is 46.0 Å². The summed E-state index contributed by atoms with van der Waals surface area (Å²) >= 11 is 0. The van der Waals surface area contributed by atoms with Gasteiger partial charge in [0.15, 0.2) is 0 Å². The van der Waals surface area contributed by atoms with Crippen LogP contribution >= 0.6 is 0 Å². The molecule has 0 unspecified atom stereocenters. The summed E-state index contributed by atoms with van der Waals surface area (Å²) in [6.45, 7) is 13.0. The number of nitrogens with zero attached hydrogens (tertiary/aromatic N) is 1. The van der Waals surface area contributed by atoms with Gasteiger partial charge < -0.3 is 14.6 Å². The number of allylic oxidation sites excluding steroid dienone is 3. The Balaban J connectivity index is 0.00000176. The molecule has 0 amide bonds. The highest BCUT2D eigenvalue weighted by Crippen LogP contribution is 2.37. The highest BCUT2D eigenvalue weighted by molar-refractivity contribution is 5.96. The van der Waals surface area contributed by atoms with Gasteiger partial charge in [0.25, 0.3) is 0 Å². The third kappa shape index (κ3) is 5.53. The fourth-order valence-electron chi connectivity index (χ4n) is 4.35. The van der Waals surface area contributed by atoms with Gasteiger partial charge in [-0.1, -0.05) is 87.2 Å². The Bertz CT molecular complexity index is 1370. The number of rotatable bonds is 8. The quantitative estimate of drug-likeness (QED) is 0.256. The second-order valence-electron chi connectivity index (χ2n) is 8.32. The number of furan rings is 1. The van der Waals surface area contributed by atoms with E-state index < -0.39 is 0 Å². The second-order valence-corrected chi connectivity index (χ2v) is 8.32. The molecule has 186 valence electrons. The number of anilines is 2. The van der Waals surface area contributed by atoms with Crippen molar-refractivity contribution in [2.24, 2.45) is 0 Å². The topological polar surface area (TPSA) is 28.4 Å². The molecule has 0 bridgehead atoms. The van der Waals surface area contributed by atoms with E-state index in [-0.39, 0.29) is 0 Å². The van der Waals surface area contributed by atoms with Crippen molar-refractivity contribution in [1.82, 2.24) is 5.32 Å². The van der Waals surface area contributed by atoms with Crippen LogP contribution in [-0.2, 0) is 0 Å². The number of fused-ring (bicyclic) bond motifs is 1. The molecule has 0 spiro atoms. The van der Waals surface area contributed by atoms with Gasteiger partial charge in [0.05, 0.1) is 0 Å². The summed E-state index contributed by atoms with van der Waals surface area (Å²) in [6, 6.07) is 23.4. The van der Waals surface area contributed by atoms with E-state index in [0.29, 0.717) is 0 Å². The molecule has 0 aliphatic carbocycles. The number of aryl methyl sites for hydroxylation is 1. The molecular formula is C33H38N2O. The Kier molecular flexibility index (Phi) is 9.49. The minimum absolute atomic E-state index is 0.788.